The largest absolute Gasteiger partial charge is 0.418 e. The molecule has 2 heterocycles. The predicted molar refractivity (Wildman–Crippen MR) is 113 cm³/mol. The number of benzene rings is 1. The summed E-state index contributed by atoms with van der Waals surface area (Å²) in [5.74, 6) is -3.29. The zero-order valence-corrected chi connectivity index (χ0v) is 18.9. The molecule has 1 saturated heterocycles. The fourth-order valence-corrected chi connectivity index (χ4v) is 3.64. The van der Waals surface area contributed by atoms with Crippen LogP contribution in [-0.2, 0) is 27.0 Å². The van der Waals surface area contributed by atoms with E-state index in [4.69, 9.17) is 16.3 Å². The van der Waals surface area contributed by atoms with E-state index in [2.05, 4.69) is 20.9 Å². The fourth-order valence-electron chi connectivity index (χ4n) is 3.41. The summed E-state index contributed by atoms with van der Waals surface area (Å²) in [6, 6.07) is 3.29. The van der Waals surface area contributed by atoms with Gasteiger partial charge in [-0.15, -0.1) is 0 Å². The molecule has 0 bridgehead atoms. The quantitative estimate of drug-likeness (QED) is 0.449. The zero-order valence-electron chi connectivity index (χ0n) is 18.1. The highest BCUT2D eigenvalue weighted by Crippen LogP contribution is 2.37. The topological polar surface area (TPSA) is 92.4 Å². The third-order valence-corrected chi connectivity index (χ3v) is 5.42. The Morgan fingerprint density at radius 1 is 1.14 bits per heavy atom. The van der Waals surface area contributed by atoms with Gasteiger partial charge in [-0.05, 0) is 24.3 Å². The van der Waals surface area contributed by atoms with Crippen LogP contribution in [0.2, 0.25) is 5.02 Å². The summed E-state index contributed by atoms with van der Waals surface area (Å²) in [5.41, 5.74) is -3.28. The van der Waals surface area contributed by atoms with Gasteiger partial charge in [-0.1, -0.05) is 11.6 Å². The second-order valence-corrected chi connectivity index (χ2v) is 8.28. The number of alkyl halides is 6. The Morgan fingerprint density at radius 2 is 1.86 bits per heavy atom. The number of nitrogens with one attached hydrogen (secondary N) is 3. The van der Waals surface area contributed by atoms with Gasteiger partial charge in [-0.25, -0.2) is 4.39 Å². The number of nitrogens with zero attached hydrogens (tertiary/aromatic N) is 1. The van der Waals surface area contributed by atoms with E-state index in [0.29, 0.717) is 6.07 Å². The van der Waals surface area contributed by atoms with Crippen LogP contribution in [-0.4, -0.2) is 41.7 Å². The number of carbonyl (C=O) groups excluding carboxylic acids is 2. The lowest BCUT2D eigenvalue weighted by Gasteiger charge is -2.27. The van der Waals surface area contributed by atoms with E-state index in [0.717, 1.165) is 18.3 Å². The molecule has 3 N–H and O–H groups in total. The van der Waals surface area contributed by atoms with Crippen molar-refractivity contribution in [2.45, 2.75) is 37.3 Å². The average molecular weight is 543 g/mol. The van der Waals surface area contributed by atoms with Crippen LogP contribution in [0.3, 0.4) is 0 Å². The molecule has 1 atom stereocenters. The highest BCUT2D eigenvalue weighted by molar-refractivity contribution is 6.31. The summed E-state index contributed by atoms with van der Waals surface area (Å²) in [6.07, 6.45) is -10.3. The van der Waals surface area contributed by atoms with Gasteiger partial charge in [-0.2, -0.15) is 26.3 Å². The second kappa shape index (κ2) is 10.5. The number of hydrogen-bond donors (Lipinski definition) is 3. The van der Waals surface area contributed by atoms with Gasteiger partial charge in [0.1, 0.15) is 17.8 Å². The predicted octanol–water partition coefficient (Wildman–Crippen LogP) is 4.48. The number of halogens is 8. The van der Waals surface area contributed by atoms with E-state index < -0.39 is 53.2 Å². The van der Waals surface area contributed by atoms with Crippen molar-refractivity contribution < 1.29 is 45.1 Å². The van der Waals surface area contributed by atoms with Crippen molar-refractivity contribution in [3.05, 3.63) is 52.6 Å². The van der Waals surface area contributed by atoms with Gasteiger partial charge >= 0.3 is 12.4 Å². The van der Waals surface area contributed by atoms with Crippen molar-refractivity contribution in [2.24, 2.45) is 0 Å². The van der Waals surface area contributed by atoms with Crippen LogP contribution in [0.1, 0.15) is 24.1 Å². The minimum Gasteiger partial charge on any atom is -0.378 e. The minimum atomic E-state index is -4.83. The molecule has 15 heteroatoms. The summed E-state index contributed by atoms with van der Waals surface area (Å²) in [7, 11) is 0. The number of amides is 2. The first kappa shape index (κ1) is 27.5. The summed E-state index contributed by atoms with van der Waals surface area (Å²) in [6.45, 7) is -0.618. The molecule has 36 heavy (non-hydrogen) atoms. The molecule has 3 rings (SSSR count). The molecule has 1 aromatic heterocycles. The molecule has 1 fully saturated rings. The van der Waals surface area contributed by atoms with Gasteiger partial charge in [0.2, 0.25) is 11.8 Å². The highest BCUT2D eigenvalue weighted by atomic mass is 35.5. The maximum absolute atomic E-state index is 13.3. The normalized spacial score (nSPS) is 18.1. The lowest BCUT2D eigenvalue weighted by Crippen LogP contribution is -2.59. The van der Waals surface area contributed by atoms with Crippen LogP contribution in [0, 0.1) is 5.82 Å². The van der Waals surface area contributed by atoms with Crippen LogP contribution < -0.4 is 16.0 Å². The molecular weight excluding hydrogens is 525 g/mol. The maximum atomic E-state index is 13.3. The van der Waals surface area contributed by atoms with Crippen molar-refractivity contribution in [2.75, 3.05) is 18.5 Å². The lowest BCUT2D eigenvalue weighted by atomic mass is 9.97. The van der Waals surface area contributed by atoms with Crippen molar-refractivity contribution in [3.8, 4) is 0 Å². The van der Waals surface area contributed by atoms with E-state index in [1.54, 1.807) is 0 Å². The Bertz CT molecular complexity index is 1140. The molecule has 2 aromatic rings. The van der Waals surface area contributed by atoms with Crippen molar-refractivity contribution in [1.82, 2.24) is 15.6 Å². The van der Waals surface area contributed by atoms with E-state index in [9.17, 15) is 40.3 Å². The Hall–Kier alpha value is -3.13. The standard InChI is InChI=1S/C21H18ClF7N4O3/c22-14-6-12(32-15-2-1-11(23)5-13(15)21(27,28)29)8-30-16(14)9-31-18(35)19(3-4-36-10-19)33-17(34)7-20(24,25)26/h1-2,5-6,8,32H,3-4,7,9-10H2,(H,31,35)(H,33,34). The third-order valence-electron chi connectivity index (χ3n) is 5.10. The summed E-state index contributed by atoms with van der Waals surface area (Å²) < 4.78 is 95.4. The first-order chi connectivity index (χ1) is 16.7. The molecule has 0 radical (unpaired) electrons. The number of anilines is 2. The van der Waals surface area contributed by atoms with Crippen molar-refractivity contribution >= 4 is 34.8 Å². The molecule has 1 aliphatic heterocycles. The zero-order chi connectivity index (χ0) is 26.7. The van der Waals surface area contributed by atoms with Gasteiger partial charge in [0.15, 0.2) is 0 Å². The van der Waals surface area contributed by atoms with Gasteiger partial charge in [0.25, 0.3) is 0 Å². The number of rotatable bonds is 7. The summed E-state index contributed by atoms with van der Waals surface area (Å²) >= 11 is 6.13. The van der Waals surface area contributed by atoms with Crippen molar-refractivity contribution in [3.63, 3.8) is 0 Å². The number of aromatic nitrogens is 1. The summed E-state index contributed by atoms with van der Waals surface area (Å²) in [4.78, 5) is 28.4. The molecule has 0 spiro atoms. The first-order valence-electron chi connectivity index (χ1n) is 10.2. The van der Waals surface area contributed by atoms with E-state index >= 15 is 0 Å². The number of carbonyl (C=O) groups is 2. The fraction of sp³-hybridized carbons (Fsp3) is 0.381. The number of hydrogen-bond acceptors (Lipinski definition) is 5. The van der Waals surface area contributed by atoms with Gasteiger partial charge in [0.05, 0.1) is 47.0 Å². The molecular formula is C21H18ClF7N4O3. The third kappa shape index (κ3) is 6.97. The lowest BCUT2D eigenvalue weighted by molar-refractivity contribution is -0.156. The molecule has 1 unspecified atom stereocenters. The first-order valence-corrected chi connectivity index (χ1v) is 10.6. The van der Waals surface area contributed by atoms with E-state index in [-0.39, 0.29) is 42.6 Å². The van der Waals surface area contributed by atoms with E-state index in [1.165, 1.54) is 6.07 Å². The van der Waals surface area contributed by atoms with Gasteiger partial charge in [-0.3, -0.25) is 14.6 Å². The molecule has 1 aliphatic rings. The number of ether oxygens (including phenoxy) is 1. The van der Waals surface area contributed by atoms with Crippen LogP contribution in [0.15, 0.2) is 30.5 Å². The Balaban J connectivity index is 1.69. The smallest absolute Gasteiger partial charge is 0.378 e. The van der Waals surface area contributed by atoms with Crippen LogP contribution in [0.4, 0.5) is 42.1 Å². The van der Waals surface area contributed by atoms with Gasteiger partial charge in [0, 0.05) is 13.0 Å². The minimum absolute atomic E-state index is 0.0301. The monoisotopic (exact) mass is 542 g/mol. The average Bonchev–Trinajstić information content (AvgIpc) is 3.21. The molecule has 0 saturated carbocycles. The second-order valence-electron chi connectivity index (χ2n) is 7.87. The molecule has 7 nitrogen and oxygen atoms in total. The molecule has 1 aromatic carbocycles. The van der Waals surface area contributed by atoms with Crippen LogP contribution in [0.5, 0.6) is 0 Å². The van der Waals surface area contributed by atoms with E-state index in [1.807, 2.05) is 0 Å². The van der Waals surface area contributed by atoms with Gasteiger partial charge < -0.3 is 20.7 Å². The summed E-state index contributed by atoms with van der Waals surface area (Å²) in [5, 5.41) is 6.89. The SMILES string of the molecule is O=C(CC(F)(F)F)NC1(C(=O)NCc2ncc(Nc3ccc(F)cc3C(F)(F)F)cc2Cl)CCOC1. The molecule has 2 amide bonds. The highest BCUT2D eigenvalue weighted by Gasteiger charge is 2.45. The molecule has 0 aliphatic carbocycles. The Kier molecular flexibility index (Phi) is 7.98. The van der Waals surface area contributed by atoms with Crippen LogP contribution in [0.25, 0.3) is 0 Å². The molecule has 196 valence electrons. The number of pyridine rings is 1. The Morgan fingerprint density at radius 3 is 2.44 bits per heavy atom. The van der Waals surface area contributed by atoms with Crippen LogP contribution >= 0.6 is 11.6 Å². The maximum Gasteiger partial charge on any atom is 0.418 e. The van der Waals surface area contributed by atoms with Crippen molar-refractivity contribution in [1.29, 1.82) is 0 Å². The Labute approximate surface area is 204 Å².